The van der Waals surface area contributed by atoms with Gasteiger partial charge in [0.2, 0.25) is 0 Å². The molecule has 84 valence electrons. The van der Waals surface area contributed by atoms with Crippen LogP contribution < -0.4 is 0 Å². The van der Waals surface area contributed by atoms with Crippen LogP contribution in [0.3, 0.4) is 0 Å². The highest BCUT2D eigenvalue weighted by Crippen LogP contribution is 2.27. The van der Waals surface area contributed by atoms with Crippen LogP contribution in [0.1, 0.15) is 0 Å². The second-order valence-corrected chi connectivity index (χ2v) is 4.10. The molecule has 1 aromatic carbocycles. The third-order valence-electron chi connectivity index (χ3n) is 2.68. The van der Waals surface area contributed by atoms with Gasteiger partial charge >= 0.3 is 0 Å². The topological polar surface area (TPSA) is 43.6 Å². The molecule has 0 radical (unpaired) electrons. The van der Waals surface area contributed by atoms with Gasteiger partial charge in [-0.25, -0.2) is 4.98 Å². The number of hydrogen-bond acceptors (Lipinski definition) is 3. The van der Waals surface area contributed by atoms with Crippen molar-refractivity contribution in [2.45, 2.75) is 0 Å². The summed E-state index contributed by atoms with van der Waals surface area (Å²) in [4.78, 5) is 4.28. The van der Waals surface area contributed by atoms with Gasteiger partial charge in [-0.15, -0.1) is 10.2 Å². The van der Waals surface area contributed by atoms with Gasteiger partial charge in [-0.3, -0.25) is 0 Å². The SMILES string of the molecule is Cn1ccnc1-c1nnc(Cl)c2ccccc12. The van der Waals surface area contributed by atoms with E-state index >= 15 is 0 Å². The number of aryl methyl sites for hydroxylation is 1. The van der Waals surface area contributed by atoms with E-state index < -0.39 is 0 Å². The first kappa shape index (κ1) is 10.2. The van der Waals surface area contributed by atoms with Crippen molar-refractivity contribution >= 4 is 22.4 Å². The van der Waals surface area contributed by atoms with Crippen molar-refractivity contribution in [1.29, 1.82) is 0 Å². The Morgan fingerprint density at radius 1 is 1.12 bits per heavy atom. The zero-order valence-electron chi connectivity index (χ0n) is 9.13. The molecule has 0 fully saturated rings. The van der Waals surface area contributed by atoms with E-state index in [0.29, 0.717) is 5.15 Å². The van der Waals surface area contributed by atoms with E-state index in [-0.39, 0.29) is 0 Å². The third kappa shape index (κ3) is 1.57. The van der Waals surface area contributed by atoms with E-state index in [9.17, 15) is 0 Å². The molecular weight excluding hydrogens is 236 g/mol. The number of nitrogens with zero attached hydrogens (tertiary/aromatic N) is 4. The minimum absolute atomic E-state index is 0.415. The lowest BCUT2D eigenvalue weighted by molar-refractivity contribution is 0.908. The quantitative estimate of drug-likeness (QED) is 0.661. The average molecular weight is 245 g/mol. The molecule has 5 heteroatoms. The van der Waals surface area contributed by atoms with E-state index in [1.165, 1.54) is 0 Å². The Morgan fingerprint density at radius 3 is 2.59 bits per heavy atom. The summed E-state index contributed by atoms with van der Waals surface area (Å²) in [6, 6.07) is 7.78. The highest BCUT2D eigenvalue weighted by atomic mass is 35.5. The fraction of sp³-hybridized carbons (Fsp3) is 0.0833. The molecule has 0 amide bonds. The minimum Gasteiger partial charge on any atom is -0.333 e. The van der Waals surface area contributed by atoms with Crippen LogP contribution >= 0.6 is 11.6 Å². The minimum atomic E-state index is 0.415. The van der Waals surface area contributed by atoms with Crippen LogP contribution in [0.15, 0.2) is 36.7 Å². The van der Waals surface area contributed by atoms with E-state index in [4.69, 9.17) is 11.6 Å². The molecule has 0 atom stereocenters. The van der Waals surface area contributed by atoms with Gasteiger partial charge < -0.3 is 4.57 Å². The van der Waals surface area contributed by atoms with E-state index in [0.717, 1.165) is 22.3 Å². The van der Waals surface area contributed by atoms with Crippen molar-refractivity contribution in [1.82, 2.24) is 19.7 Å². The second-order valence-electron chi connectivity index (χ2n) is 3.75. The molecule has 2 aromatic heterocycles. The Kier molecular flexibility index (Phi) is 2.30. The number of aromatic nitrogens is 4. The summed E-state index contributed by atoms with van der Waals surface area (Å²) in [5, 5.41) is 10.4. The number of halogens is 1. The monoisotopic (exact) mass is 244 g/mol. The summed E-state index contributed by atoms with van der Waals surface area (Å²) >= 11 is 6.03. The molecule has 3 aromatic rings. The van der Waals surface area contributed by atoms with Crippen molar-refractivity contribution in [2.75, 3.05) is 0 Å². The predicted octanol–water partition coefficient (Wildman–Crippen LogP) is 2.68. The Balaban J connectivity index is 2.39. The molecule has 0 saturated carbocycles. The summed E-state index contributed by atoms with van der Waals surface area (Å²) < 4.78 is 1.91. The van der Waals surface area contributed by atoms with E-state index in [1.807, 2.05) is 42.1 Å². The van der Waals surface area contributed by atoms with Crippen LogP contribution in [-0.2, 0) is 7.05 Å². The van der Waals surface area contributed by atoms with Crippen molar-refractivity contribution in [2.24, 2.45) is 7.05 Å². The maximum Gasteiger partial charge on any atom is 0.160 e. The highest BCUT2D eigenvalue weighted by molar-refractivity contribution is 6.34. The lowest BCUT2D eigenvalue weighted by Crippen LogP contribution is -1.97. The Bertz CT molecular complexity index is 690. The maximum atomic E-state index is 6.03. The van der Waals surface area contributed by atoms with Gasteiger partial charge in [-0.1, -0.05) is 35.9 Å². The van der Waals surface area contributed by atoms with Gasteiger partial charge in [0, 0.05) is 30.2 Å². The van der Waals surface area contributed by atoms with Crippen LogP contribution in [0.4, 0.5) is 0 Å². The zero-order chi connectivity index (χ0) is 11.8. The Hall–Kier alpha value is -1.94. The first-order valence-corrected chi connectivity index (χ1v) is 5.54. The van der Waals surface area contributed by atoms with Crippen LogP contribution in [0.2, 0.25) is 5.15 Å². The van der Waals surface area contributed by atoms with Crippen LogP contribution in [-0.4, -0.2) is 19.7 Å². The standard InChI is InChI=1S/C12H9ClN4/c1-17-7-6-14-12(17)10-8-4-2-3-5-9(8)11(13)16-15-10/h2-7H,1H3. The predicted molar refractivity (Wildman–Crippen MR) is 66.8 cm³/mol. The molecule has 0 aliphatic rings. The smallest absolute Gasteiger partial charge is 0.160 e. The van der Waals surface area contributed by atoms with Crippen molar-refractivity contribution in [3.05, 3.63) is 41.8 Å². The molecule has 0 bridgehead atoms. The molecule has 2 heterocycles. The fourth-order valence-electron chi connectivity index (χ4n) is 1.83. The molecule has 0 spiro atoms. The number of benzene rings is 1. The first-order valence-electron chi connectivity index (χ1n) is 5.16. The van der Waals surface area contributed by atoms with Gasteiger partial charge in [-0.05, 0) is 0 Å². The number of rotatable bonds is 1. The summed E-state index contributed by atoms with van der Waals surface area (Å²) in [6.07, 6.45) is 3.61. The number of imidazole rings is 1. The van der Waals surface area contributed by atoms with Gasteiger partial charge in [0.05, 0.1) is 0 Å². The van der Waals surface area contributed by atoms with Crippen molar-refractivity contribution in [3.8, 4) is 11.5 Å². The summed E-state index contributed by atoms with van der Waals surface area (Å²) in [5.41, 5.74) is 0.748. The molecule has 0 aliphatic carbocycles. The van der Waals surface area contributed by atoms with Crippen molar-refractivity contribution in [3.63, 3.8) is 0 Å². The van der Waals surface area contributed by atoms with E-state index in [1.54, 1.807) is 6.20 Å². The van der Waals surface area contributed by atoms with E-state index in [2.05, 4.69) is 15.2 Å². The fourth-order valence-corrected chi connectivity index (χ4v) is 2.03. The molecule has 0 saturated heterocycles. The lowest BCUT2D eigenvalue weighted by atomic mass is 10.1. The first-order chi connectivity index (χ1) is 8.27. The highest BCUT2D eigenvalue weighted by Gasteiger charge is 2.12. The molecule has 0 unspecified atom stereocenters. The van der Waals surface area contributed by atoms with Gasteiger partial charge in [0.15, 0.2) is 11.0 Å². The average Bonchev–Trinajstić information content (AvgIpc) is 2.77. The Labute approximate surface area is 103 Å². The molecule has 4 nitrogen and oxygen atoms in total. The molecular formula is C12H9ClN4. The van der Waals surface area contributed by atoms with Gasteiger partial charge in [0.25, 0.3) is 0 Å². The summed E-state index contributed by atoms with van der Waals surface area (Å²) in [5.74, 6) is 0.783. The van der Waals surface area contributed by atoms with Crippen LogP contribution in [0.25, 0.3) is 22.3 Å². The molecule has 0 N–H and O–H groups in total. The second kappa shape index (κ2) is 3.82. The number of hydrogen-bond donors (Lipinski definition) is 0. The molecule has 3 rings (SSSR count). The normalized spacial score (nSPS) is 10.9. The lowest BCUT2D eigenvalue weighted by Gasteiger charge is -2.05. The van der Waals surface area contributed by atoms with Crippen LogP contribution in [0, 0.1) is 0 Å². The summed E-state index contributed by atoms with van der Waals surface area (Å²) in [7, 11) is 1.92. The van der Waals surface area contributed by atoms with Crippen molar-refractivity contribution < 1.29 is 0 Å². The third-order valence-corrected chi connectivity index (χ3v) is 2.95. The zero-order valence-corrected chi connectivity index (χ0v) is 9.89. The molecule has 0 aliphatic heterocycles. The maximum absolute atomic E-state index is 6.03. The largest absolute Gasteiger partial charge is 0.333 e. The van der Waals surface area contributed by atoms with Gasteiger partial charge in [-0.2, -0.15) is 0 Å². The summed E-state index contributed by atoms with van der Waals surface area (Å²) in [6.45, 7) is 0. The number of fused-ring (bicyclic) bond motifs is 1. The molecule has 17 heavy (non-hydrogen) atoms. The van der Waals surface area contributed by atoms with Gasteiger partial charge in [0.1, 0.15) is 5.69 Å². The Morgan fingerprint density at radius 2 is 1.88 bits per heavy atom. The van der Waals surface area contributed by atoms with Crippen LogP contribution in [0.5, 0.6) is 0 Å².